The monoisotopic (exact) mass is 510 g/mol. The molecule has 1 aliphatic rings. The van der Waals surface area contributed by atoms with Crippen LogP contribution in [0.15, 0.2) is 79.8 Å². The third-order valence-electron chi connectivity index (χ3n) is 6.50. The van der Waals surface area contributed by atoms with Gasteiger partial charge in [0, 0.05) is 49.2 Å². The summed E-state index contributed by atoms with van der Waals surface area (Å²) in [5.41, 5.74) is 4.74. The molecule has 1 aliphatic heterocycles. The number of benzene rings is 1. The second-order valence-corrected chi connectivity index (χ2v) is 9.16. The molecule has 2 N–H and O–H groups in total. The second-order valence-electron chi connectivity index (χ2n) is 9.16. The van der Waals surface area contributed by atoms with Crippen LogP contribution in [0.1, 0.15) is 0 Å². The van der Waals surface area contributed by atoms with E-state index in [9.17, 15) is 4.79 Å². The Kier molecular flexibility index (Phi) is 7.05. The number of allylic oxidation sites excluding steroid dienone is 2. The van der Waals surface area contributed by atoms with Crippen molar-refractivity contribution in [2.75, 3.05) is 49.8 Å². The number of likely N-dealkylation sites (N-methyl/N-ethyl adjacent to an activating group) is 1. The highest BCUT2D eigenvalue weighted by Gasteiger charge is 2.31. The Morgan fingerprint density at radius 2 is 2.05 bits per heavy atom. The topological polar surface area (TPSA) is 99.9 Å². The van der Waals surface area contributed by atoms with Gasteiger partial charge in [-0.1, -0.05) is 24.8 Å². The number of aromatic nitrogens is 4. The minimum atomic E-state index is -0.252. The summed E-state index contributed by atoms with van der Waals surface area (Å²) in [5, 5.41) is 10.7. The fourth-order valence-corrected chi connectivity index (χ4v) is 4.33. The lowest BCUT2D eigenvalue weighted by Gasteiger charge is -2.45. The van der Waals surface area contributed by atoms with Gasteiger partial charge < -0.3 is 25.2 Å². The van der Waals surface area contributed by atoms with Crippen molar-refractivity contribution in [3.05, 3.63) is 79.8 Å². The zero-order valence-electron chi connectivity index (χ0n) is 21.6. The van der Waals surface area contributed by atoms with Crippen LogP contribution >= 0.6 is 0 Å². The molecule has 3 aromatic heterocycles. The average Bonchev–Trinajstić information content (AvgIpc) is 3.32. The van der Waals surface area contributed by atoms with Crippen LogP contribution < -0.4 is 20.3 Å². The highest BCUT2D eigenvalue weighted by atomic mass is 16.5. The first kappa shape index (κ1) is 25.0. The summed E-state index contributed by atoms with van der Waals surface area (Å²) in [6, 6.07) is 11.9. The Bertz CT molecular complexity index is 1500. The highest BCUT2D eigenvalue weighted by Crippen LogP contribution is 2.40. The summed E-state index contributed by atoms with van der Waals surface area (Å²) in [6.45, 7) is 5.33. The van der Waals surface area contributed by atoms with Gasteiger partial charge in [-0.2, -0.15) is 5.10 Å². The molecule has 0 aliphatic carbocycles. The summed E-state index contributed by atoms with van der Waals surface area (Å²) < 4.78 is 7.53. The predicted molar refractivity (Wildman–Crippen MR) is 150 cm³/mol. The Balaban J connectivity index is 1.48. The molecular weight excluding hydrogens is 480 g/mol. The van der Waals surface area contributed by atoms with Gasteiger partial charge in [-0.3, -0.25) is 4.79 Å². The number of ether oxygens (including phenoxy) is 1. The molecule has 1 amide bonds. The van der Waals surface area contributed by atoms with Gasteiger partial charge in [-0.15, -0.1) is 0 Å². The number of rotatable bonds is 9. The molecule has 4 aromatic rings. The maximum atomic E-state index is 12.6. The van der Waals surface area contributed by atoms with Crippen molar-refractivity contribution in [2.24, 2.45) is 0 Å². The maximum absolute atomic E-state index is 12.6. The van der Waals surface area contributed by atoms with E-state index in [1.807, 2.05) is 42.6 Å². The van der Waals surface area contributed by atoms with Crippen LogP contribution in [-0.2, 0) is 4.79 Å². The largest absolute Gasteiger partial charge is 0.494 e. The lowest BCUT2D eigenvalue weighted by Crippen LogP contribution is -2.57. The normalized spacial score (nSPS) is 13.6. The standard InChI is InChI=1S/C28H30N8O2/c1-5-6-10-27(37)31-22-14-23(26(38-4)15-25(22)35-17-19(18-35)34(2)3)33-28-29-12-11-21(32-28)20-16-30-36-13-8-7-9-24(20)36/h5-16,19H,1,17-18H2,2-4H3,(H,31,37)(H,29,32,33)/b10-6+. The number of hydrogen-bond acceptors (Lipinski definition) is 8. The van der Waals surface area contributed by atoms with E-state index < -0.39 is 0 Å². The molecule has 0 bridgehead atoms. The third-order valence-corrected chi connectivity index (χ3v) is 6.50. The first-order valence-electron chi connectivity index (χ1n) is 12.2. The van der Waals surface area contributed by atoms with E-state index in [0.29, 0.717) is 29.1 Å². The number of hydrogen-bond donors (Lipinski definition) is 2. The van der Waals surface area contributed by atoms with Crippen molar-refractivity contribution in [2.45, 2.75) is 6.04 Å². The molecule has 4 heterocycles. The maximum Gasteiger partial charge on any atom is 0.248 e. The lowest BCUT2D eigenvalue weighted by atomic mass is 10.0. The van der Waals surface area contributed by atoms with Crippen LogP contribution in [0.25, 0.3) is 16.8 Å². The van der Waals surface area contributed by atoms with Crippen molar-refractivity contribution >= 4 is 34.4 Å². The fourth-order valence-electron chi connectivity index (χ4n) is 4.33. The van der Waals surface area contributed by atoms with Crippen molar-refractivity contribution in [1.82, 2.24) is 24.5 Å². The first-order chi connectivity index (χ1) is 18.5. The van der Waals surface area contributed by atoms with E-state index in [4.69, 9.17) is 9.72 Å². The van der Waals surface area contributed by atoms with Crippen LogP contribution in [0.4, 0.5) is 23.0 Å². The molecule has 1 saturated heterocycles. The summed E-state index contributed by atoms with van der Waals surface area (Å²) in [6.07, 6.45) is 9.98. The van der Waals surface area contributed by atoms with Gasteiger partial charge in [0.15, 0.2) is 0 Å². The molecule has 0 unspecified atom stereocenters. The van der Waals surface area contributed by atoms with Crippen molar-refractivity contribution in [3.63, 3.8) is 0 Å². The number of anilines is 4. The van der Waals surface area contributed by atoms with Gasteiger partial charge in [0.05, 0.1) is 41.6 Å². The van der Waals surface area contributed by atoms with Gasteiger partial charge in [0.25, 0.3) is 0 Å². The first-order valence-corrected chi connectivity index (χ1v) is 12.2. The minimum absolute atomic E-state index is 0.252. The Morgan fingerprint density at radius 1 is 1.21 bits per heavy atom. The fraction of sp³-hybridized carbons (Fsp3) is 0.214. The van der Waals surface area contributed by atoms with Gasteiger partial charge >= 0.3 is 0 Å². The molecule has 0 saturated carbocycles. The van der Waals surface area contributed by atoms with E-state index >= 15 is 0 Å². The van der Waals surface area contributed by atoms with Crippen molar-refractivity contribution in [1.29, 1.82) is 0 Å². The predicted octanol–water partition coefficient (Wildman–Crippen LogP) is 3.97. The van der Waals surface area contributed by atoms with Crippen molar-refractivity contribution in [3.8, 4) is 17.0 Å². The number of methoxy groups -OCH3 is 1. The zero-order valence-corrected chi connectivity index (χ0v) is 21.6. The third kappa shape index (κ3) is 5.07. The van der Waals surface area contributed by atoms with E-state index in [-0.39, 0.29) is 5.91 Å². The van der Waals surface area contributed by atoms with E-state index in [1.54, 1.807) is 36.2 Å². The SMILES string of the molecule is C=C/C=C/C(=O)Nc1cc(Nc2nccc(-c3cnn4ccccc34)n2)c(OC)cc1N1CC(N(C)C)C1. The van der Waals surface area contributed by atoms with Crippen LogP contribution in [0.3, 0.4) is 0 Å². The summed E-state index contributed by atoms with van der Waals surface area (Å²) in [4.78, 5) is 26.1. The molecular formula is C28H30N8O2. The molecule has 0 radical (unpaired) electrons. The summed E-state index contributed by atoms with van der Waals surface area (Å²) in [7, 11) is 5.75. The number of amides is 1. The quantitative estimate of drug-likeness (QED) is 0.258. The molecule has 0 spiro atoms. The second kappa shape index (κ2) is 10.7. The van der Waals surface area contributed by atoms with Gasteiger partial charge in [0.2, 0.25) is 11.9 Å². The number of carbonyl (C=O) groups is 1. The van der Waals surface area contributed by atoms with E-state index in [1.165, 1.54) is 6.08 Å². The lowest BCUT2D eigenvalue weighted by molar-refractivity contribution is -0.111. The Labute approximate surface area is 221 Å². The minimum Gasteiger partial charge on any atom is -0.494 e. The molecule has 5 rings (SSSR count). The number of fused-ring (bicyclic) bond motifs is 1. The number of pyridine rings is 1. The Morgan fingerprint density at radius 3 is 2.82 bits per heavy atom. The van der Waals surface area contributed by atoms with E-state index in [2.05, 4.69) is 51.2 Å². The van der Waals surface area contributed by atoms with Crippen LogP contribution in [0.5, 0.6) is 5.75 Å². The molecule has 38 heavy (non-hydrogen) atoms. The summed E-state index contributed by atoms with van der Waals surface area (Å²) >= 11 is 0. The average molecular weight is 511 g/mol. The van der Waals surface area contributed by atoms with E-state index in [0.717, 1.165) is 35.6 Å². The van der Waals surface area contributed by atoms with Crippen LogP contribution in [0.2, 0.25) is 0 Å². The molecule has 0 atom stereocenters. The molecule has 194 valence electrons. The van der Waals surface area contributed by atoms with Crippen molar-refractivity contribution < 1.29 is 9.53 Å². The molecule has 10 nitrogen and oxygen atoms in total. The van der Waals surface area contributed by atoms with Gasteiger partial charge in [0.1, 0.15) is 5.75 Å². The van der Waals surface area contributed by atoms with Gasteiger partial charge in [-0.05, 0) is 38.4 Å². The molecule has 10 heteroatoms. The van der Waals surface area contributed by atoms with Gasteiger partial charge in [-0.25, -0.2) is 14.5 Å². The number of carbonyl (C=O) groups excluding carboxylic acids is 1. The zero-order chi connectivity index (χ0) is 26.6. The van der Waals surface area contributed by atoms with Crippen LogP contribution in [0, 0.1) is 0 Å². The summed E-state index contributed by atoms with van der Waals surface area (Å²) in [5.74, 6) is 0.750. The highest BCUT2D eigenvalue weighted by molar-refractivity contribution is 6.02. The van der Waals surface area contributed by atoms with Crippen LogP contribution in [-0.4, -0.2) is 70.7 Å². The number of nitrogens with zero attached hydrogens (tertiary/aromatic N) is 6. The molecule has 1 aromatic carbocycles. The smallest absolute Gasteiger partial charge is 0.248 e. The Hall–Kier alpha value is -4.70. The molecule has 1 fully saturated rings. The number of nitrogens with one attached hydrogen (secondary N) is 2.